The Morgan fingerprint density at radius 1 is 0.655 bits per heavy atom. The fourth-order valence-corrected chi connectivity index (χ4v) is 19.3. The van der Waals surface area contributed by atoms with Gasteiger partial charge in [-0.15, -0.1) is 0 Å². The van der Waals surface area contributed by atoms with Crippen LogP contribution in [0.1, 0.15) is 16.7 Å². The quantitative estimate of drug-likeness (QED) is 0.0100. The molecule has 0 amide bonds. The van der Waals surface area contributed by atoms with Crippen molar-refractivity contribution in [1.29, 1.82) is 0 Å². The van der Waals surface area contributed by atoms with Crippen LogP contribution in [0.3, 0.4) is 0 Å². The zero-order chi connectivity index (χ0) is 62.8. The first-order valence-electron chi connectivity index (χ1n) is 23.9. The molecule has 452 valence electrons. The van der Waals surface area contributed by atoms with Gasteiger partial charge in [0.05, 0.1) is 40.7 Å². The molecular formula is C46H61N15Na2O10P13S+. The van der Waals surface area contributed by atoms with Crippen LogP contribution in [0.25, 0.3) is 31.3 Å². The van der Waals surface area contributed by atoms with Crippen molar-refractivity contribution in [2.45, 2.75) is 6.42 Å². The molecule has 0 fully saturated rings. The third kappa shape index (κ3) is 34.8. The van der Waals surface area contributed by atoms with E-state index < -0.39 is 56.8 Å². The normalized spacial score (nSPS) is 12.7. The largest absolute Gasteiger partial charge is 1.00 e. The molecule has 41 heteroatoms. The number of nitrogens with zero attached hydrogens (tertiary/aromatic N) is 15. The van der Waals surface area contributed by atoms with Crippen LogP contribution in [0.2, 0.25) is 0 Å². The Hall–Kier alpha value is -1.57. The molecule has 0 aliphatic heterocycles. The first-order valence-corrected chi connectivity index (χ1v) is 45.1. The van der Waals surface area contributed by atoms with Crippen LogP contribution in [0, 0.1) is 0 Å². The number of hydrazone groups is 1. The van der Waals surface area contributed by atoms with E-state index in [2.05, 4.69) is 138 Å². The Morgan fingerprint density at radius 2 is 1.09 bits per heavy atom. The van der Waals surface area contributed by atoms with E-state index >= 15 is 0 Å². The topological polar surface area (TPSA) is 351 Å². The molecule has 0 aliphatic rings. The number of benzene rings is 6. The zero-order valence-electron chi connectivity index (χ0n) is 47.8. The molecular weight excluding hydrogens is 1400 g/mol. The Morgan fingerprint density at radius 3 is 1.51 bits per heavy atom. The predicted molar refractivity (Wildman–Crippen MR) is 371 cm³/mol. The van der Waals surface area contributed by atoms with Crippen molar-refractivity contribution in [3.63, 3.8) is 0 Å². The molecule has 0 saturated carbocycles. The van der Waals surface area contributed by atoms with Crippen molar-refractivity contribution in [3.05, 3.63) is 206 Å². The molecule has 2 N–H and O–H groups in total. The first-order chi connectivity index (χ1) is 40.4. The van der Waals surface area contributed by atoms with Gasteiger partial charge >= 0.3 is 66.2 Å². The number of hydrogen-bond donors (Lipinski definition) is 2. The minimum atomic E-state index is -4.69. The predicted octanol–water partition coefficient (Wildman–Crippen LogP) is 7.66. The second-order valence-electron chi connectivity index (χ2n) is 16.7. The summed E-state index contributed by atoms with van der Waals surface area (Å²) in [5, 5.41) is 13.9. The summed E-state index contributed by atoms with van der Waals surface area (Å²) in [7, 11) is 6.32. The molecule has 10 unspecified atom stereocenters. The van der Waals surface area contributed by atoms with Crippen LogP contribution in [0.5, 0.6) is 23.0 Å². The Labute approximate surface area is 572 Å². The van der Waals surface area contributed by atoms with Crippen LogP contribution in [0.4, 0.5) is 0 Å². The van der Waals surface area contributed by atoms with E-state index in [4.69, 9.17) is 56.6 Å². The van der Waals surface area contributed by atoms with Gasteiger partial charge in [0.1, 0.15) is 51.5 Å². The molecule has 0 spiro atoms. The molecule has 6 aromatic carbocycles. The van der Waals surface area contributed by atoms with Gasteiger partial charge in [-0.3, -0.25) is 23.7 Å². The molecule has 0 radical (unpaired) electrons. The molecule has 0 aromatic heterocycles. The molecule has 0 aliphatic carbocycles. The van der Waals surface area contributed by atoms with E-state index in [0.29, 0.717) is 23.7 Å². The summed E-state index contributed by atoms with van der Waals surface area (Å²) >= 11 is 5.16. The molecule has 10 atom stereocenters. The third-order valence-electron chi connectivity index (χ3n) is 10.1. The second-order valence-corrected chi connectivity index (χ2v) is 43.9. The minimum Gasteiger partial charge on any atom is -0.778 e. The van der Waals surface area contributed by atoms with Crippen LogP contribution in [0.15, 0.2) is 188 Å². The summed E-state index contributed by atoms with van der Waals surface area (Å²) in [6.45, 7) is 0.0191. The summed E-state index contributed by atoms with van der Waals surface area (Å²) in [6, 6.07) is 50.0. The van der Waals surface area contributed by atoms with Gasteiger partial charge < -0.3 is 42.9 Å². The summed E-state index contributed by atoms with van der Waals surface area (Å²) in [6.07, 6.45) is 2.13. The van der Waals surface area contributed by atoms with Gasteiger partial charge in [-0.2, -0.15) is 5.10 Å². The number of azide groups is 3. The van der Waals surface area contributed by atoms with E-state index in [9.17, 15) is 18.9 Å². The van der Waals surface area contributed by atoms with E-state index in [-0.39, 0.29) is 81.6 Å². The maximum Gasteiger partial charge on any atom is 1.00 e. The smallest absolute Gasteiger partial charge is 0.778 e. The van der Waals surface area contributed by atoms with Gasteiger partial charge in [0.15, 0.2) is 5.75 Å². The van der Waals surface area contributed by atoms with Gasteiger partial charge in [-0.1, -0.05) is 127 Å². The molecule has 6 aromatic rings. The summed E-state index contributed by atoms with van der Waals surface area (Å²) in [5.74, 6) is 2.35. The Kier molecular flexibility index (Phi) is 43.8. The molecule has 87 heavy (non-hydrogen) atoms. The molecule has 0 bridgehead atoms. The van der Waals surface area contributed by atoms with Gasteiger partial charge in [0, 0.05) is 79.0 Å². The summed E-state index contributed by atoms with van der Waals surface area (Å²) < 4.78 is 42.0. The number of aliphatic imine (C=N–C) groups is 1. The standard InChI is InChI=1S/C18H18N4OP4.C12H21N2O7P3S.C8H15N5OP6.C8H8N4O.2Na/c19-20-21-23-15-11-13-18(14-12-15)27(22-26(24)25,16-7-3-1-4-8-16)17-9-5-2-6-10-17;1-13(2)22(25)21-12-5-3-11(4-6-12)7-8-14(9-23(15,16)17)10-24(18,19)20;1-13(20(16)17)10-6-7-2-4-8(5-3-7)14-18-19(15)12-11-9;1-10-6-7-2-4-8(5-3-7)13-12-11-9;;/h1-14H,24-25H2;3-6H,7-10H2,1-2H3,(H3-,15,16,17,18,19,20);2-6,18H,15-17H2,1H3;2-6H,1H3;;/q;;;;2*+1/p-1. The fraction of sp³-hybridized carbons (Fsp3) is 0.174. The number of hydrogen-bond acceptors (Lipinski definition) is 17. The van der Waals surface area contributed by atoms with Crippen molar-refractivity contribution in [1.82, 2.24) is 14.3 Å². The molecule has 25 nitrogen and oxygen atoms in total. The van der Waals surface area contributed by atoms with E-state index in [1.54, 1.807) is 60.5 Å². The number of rotatable bonds is 26. The van der Waals surface area contributed by atoms with Gasteiger partial charge in [-0.25, -0.2) is 0 Å². The van der Waals surface area contributed by atoms with E-state index in [1.807, 2.05) is 98.7 Å². The van der Waals surface area contributed by atoms with Gasteiger partial charge in [0.2, 0.25) is 11.8 Å². The Balaban J connectivity index is 0.000000592. The molecule has 0 saturated heterocycles. The third-order valence-corrected chi connectivity index (χ3v) is 26.7. The summed E-state index contributed by atoms with van der Waals surface area (Å²) in [5.41, 5.74) is 27.5. The molecule has 0 heterocycles. The van der Waals surface area contributed by atoms with E-state index in [0.717, 1.165) is 32.6 Å². The maximum atomic E-state index is 11.0. The van der Waals surface area contributed by atoms with Crippen molar-refractivity contribution in [2.75, 3.05) is 47.3 Å². The van der Waals surface area contributed by atoms with Crippen LogP contribution < -0.4 is 104 Å². The average Bonchev–Trinajstić information content (AvgIpc) is 1.01. The van der Waals surface area contributed by atoms with Crippen molar-refractivity contribution in [2.24, 2.45) is 30.0 Å². The average molecular weight is 1460 g/mol. The van der Waals surface area contributed by atoms with Crippen LogP contribution >= 0.6 is 105 Å². The maximum absolute atomic E-state index is 11.0. The SMILES string of the molecule is CN(C)[P+](=S)Oc1ccc(CCN(CP(=O)([O-])O)CP(=O)([O-])O)cc1.CN(N=Cc1ccc(OPP(P)N=[N+]=[N-])cc1)P(P)P.CN=Cc1ccc(ON=[N+]=[N-])cc1.[N-]=[N+]=NOc1ccc(P(=NP(P)P)(c2ccccc2)c2ccccc2)cc1.[Na+].[Na+]. The Bertz CT molecular complexity index is 3310. The second kappa shape index (κ2) is 45.7. The van der Waals surface area contributed by atoms with Crippen molar-refractivity contribution in [3.8, 4) is 23.0 Å². The monoisotopic (exact) mass is 1460 g/mol. The molecule has 6 rings (SSSR count). The first kappa shape index (κ1) is 83.4. The van der Waals surface area contributed by atoms with E-state index in [1.165, 1.54) is 10.6 Å². The minimum absolute atomic E-state index is 0. The van der Waals surface area contributed by atoms with Gasteiger partial charge in [0.25, 0.3) is 0 Å². The zero-order valence-corrected chi connectivity index (χ0v) is 65.6. The summed E-state index contributed by atoms with van der Waals surface area (Å²) in [4.78, 5) is 65.7. The van der Waals surface area contributed by atoms with Crippen LogP contribution in [-0.4, -0.2) is 83.9 Å². The van der Waals surface area contributed by atoms with Crippen LogP contribution in [-0.2, 0) is 27.4 Å². The fourth-order valence-electron chi connectivity index (χ4n) is 6.52. The van der Waals surface area contributed by atoms with Crippen molar-refractivity contribution >= 4 is 145 Å². The van der Waals surface area contributed by atoms with Crippen molar-refractivity contribution < 1.29 is 107 Å². The van der Waals surface area contributed by atoms with Gasteiger partial charge in [-0.05, 0) is 125 Å².